The van der Waals surface area contributed by atoms with Crippen LogP contribution >= 0.6 is 15.9 Å². The van der Waals surface area contributed by atoms with Crippen LogP contribution in [0.3, 0.4) is 0 Å². The van der Waals surface area contributed by atoms with Crippen LogP contribution in [0.5, 0.6) is 0 Å². The standard InChI is InChI=1S/C15H14BrF2NO2/c16-11-7-8-9(1-2-10(17)12(8)18)14(11)3-5-15(19,6-4-14)13(20)21/h1-2,7H,3-6,19H2,(H,20,21). The number of rotatable bonds is 1. The molecule has 0 heterocycles. The second kappa shape index (κ2) is 4.61. The lowest BCUT2D eigenvalue weighted by Crippen LogP contribution is -2.53. The van der Waals surface area contributed by atoms with E-state index in [1.165, 1.54) is 0 Å². The van der Waals surface area contributed by atoms with Gasteiger partial charge in [-0.15, -0.1) is 0 Å². The molecule has 1 aromatic rings. The summed E-state index contributed by atoms with van der Waals surface area (Å²) >= 11 is 3.45. The Balaban J connectivity index is 2.02. The van der Waals surface area contributed by atoms with Crippen molar-refractivity contribution in [3.8, 4) is 0 Å². The van der Waals surface area contributed by atoms with Gasteiger partial charge >= 0.3 is 5.97 Å². The maximum absolute atomic E-state index is 13.9. The lowest BCUT2D eigenvalue weighted by Gasteiger charge is -2.42. The number of halogens is 3. The Morgan fingerprint density at radius 2 is 1.86 bits per heavy atom. The third-order valence-corrected chi connectivity index (χ3v) is 5.79. The lowest BCUT2D eigenvalue weighted by atomic mass is 9.65. The summed E-state index contributed by atoms with van der Waals surface area (Å²) in [5.41, 5.74) is 5.14. The third kappa shape index (κ3) is 1.96. The fourth-order valence-corrected chi connectivity index (χ4v) is 4.20. The van der Waals surface area contributed by atoms with Gasteiger partial charge in [0, 0.05) is 15.5 Å². The van der Waals surface area contributed by atoms with Gasteiger partial charge in [-0.25, -0.2) is 8.78 Å². The van der Waals surface area contributed by atoms with Crippen molar-refractivity contribution in [3.05, 3.63) is 39.4 Å². The van der Waals surface area contributed by atoms with Crippen molar-refractivity contribution in [1.82, 2.24) is 0 Å². The maximum Gasteiger partial charge on any atom is 0.323 e. The minimum absolute atomic E-state index is 0.252. The van der Waals surface area contributed by atoms with E-state index in [1.807, 2.05) is 0 Å². The summed E-state index contributed by atoms with van der Waals surface area (Å²) in [6, 6.07) is 2.71. The van der Waals surface area contributed by atoms with Crippen LogP contribution in [0.4, 0.5) is 8.78 Å². The molecule has 2 aliphatic carbocycles. The molecule has 0 radical (unpaired) electrons. The summed E-state index contributed by atoms with van der Waals surface area (Å²) in [5.74, 6) is -2.75. The molecule has 2 aliphatic rings. The SMILES string of the molecule is NC1(C(=O)O)CCC2(CC1)C(Br)=Cc1c2ccc(F)c1F. The topological polar surface area (TPSA) is 63.3 Å². The van der Waals surface area contributed by atoms with Gasteiger partial charge in [0.15, 0.2) is 11.6 Å². The van der Waals surface area contributed by atoms with E-state index in [-0.39, 0.29) is 5.56 Å². The zero-order chi connectivity index (χ0) is 15.4. The average Bonchev–Trinajstić information content (AvgIpc) is 2.71. The van der Waals surface area contributed by atoms with Crippen LogP contribution in [-0.2, 0) is 10.2 Å². The zero-order valence-corrected chi connectivity index (χ0v) is 12.7. The Bertz CT molecular complexity index is 664. The van der Waals surface area contributed by atoms with Gasteiger partial charge in [0.05, 0.1) is 0 Å². The minimum Gasteiger partial charge on any atom is -0.480 e. The quantitative estimate of drug-likeness (QED) is 0.810. The molecule has 3 rings (SSSR count). The predicted molar refractivity (Wildman–Crippen MR) is 78.0 cm³/mol. The molecule has 3 nitrogen and oxygen atoms in total. The van der Waals surface area contributed by atoms with Gasteiger partial charge in [0.1, 0.15) is 5.54 Å². The van der Waals surface area contributed by atoms with Crippen LogP contribution in [-0.4, -0.2) is 16.6 Å². The van der Waals surface area contributed by atoms with Crippen LogP contribution in [0.1, 0.15) is 36.8 Å². The summed E-state index contributed by atoms with van der Waals surface area (Å²) in [7, 11) is 0. The average molecular weight is 358 g/mol. The first-order valence-corrected chi connectivity index (χ1v) is 7.48. The predicted octanol–water partition coefficient (Wildman–Crippen LogP) is 3.31. The Hall–Kier alpha value is -1.27. The molecular formula is C15H14BrF2NO2. The number of carboxylic acids is 1. The van der Waals surface area contributed by atoms with Crippen molar-refractivity contribution >= 4 is 28.0 Å². The summed E-state index contributed by atoms with van der Waals surface area (Å²) in [5, 5.41) is 9.21. The van der Waals surface area contributed by atoms with E-state index < -0.39 is 28.6 Å². The van der Waals surface area contributed by atoms with E-state index in [1.54, 1.807) is 12.1 Å². The Morgan fingerprint density at radius 3 is 2.43 bits per heavy atom. The molecule has 0 aliphatic heterocycles. The fraction of sp³-hybridized carbons (Fsp3) is 0.400. The van der Waals surface area contributed by atoms with Crippen molar-refractivity contribution in [2.75, 3.05) is 0 Å². The first-order valence-electron chi connectivity index (χ1n) is 6.69. The van der Waals surface area contributed by atoms with Crippen molar-refractivity contribution in [3.63, 3.8) is 0 Å². The summed E-state index contributed by atoms with van der Waals surface area (Å²) in [6.45, 7) is 0. The van der Waals surface area contributed by atoms with Gasteiger partial charge in [0.25, 0.3) is 0 Å². The Labute approximate surface area is 129 Å². The first-order chi connectivity index (χ1) is 9.80. The number of aliphatic carboxylic acids is 1. The highest BCUT2D eigenvalue weighted by Crippen LogP contribution is 2.55. The highest BCUT2D eigenvalue weighted by atomic mass is 79.9. The van der Waals surface area contributed by atoms with Crippen LogP contribution in [0.15, 0.2) is 16.6 Å². The monoisotopic (exact) mass is 357 g/mol. The Kier molecular flexibility index (Phi) is 3.22. The second-order valence-electron chi connectivity index (χ2n) is 5.86. The summed E-state index contributed by atoms with van der Waals surface area (Å²) in [6.07, 6.45) is 3.17. The smallest absolute Gasteiger partial charge is 0.323 e. The molecule has 21 heavy (non-hydrogen) atoms. The number of nitrogens with two attached hydrogens (primary N) is 1. The molecule has 0 saturated heterocycles. The normalized spacial score (nSPS) is 31.1. The number of fused-ring (bicyclic) bond motifs is 2. The van der Waals surface area contributed by atoms with Crippen LogP contribution in [0.2, 0.25) is 0 Å². The third-order valence-electron chi connectivity index (χ3n) is 4.80. The van der Waals surface area contributed by atoms with Gasteiger partial charge < -0.3 is 10.8 Å². The van der Waals surface area contributed by atoms with Crippen LogP contribution in [0, 0.1) is 11.6 Å². The lowest BCUT2D eigenvalue weighted by molar-refractivity contribution is -0.145. The van der Waals surface area contributed by atoms with Crippen molar-refractivity contribution in [2.45, 2.75) is 36.6 Å². The number of carboxylic acid groups (broad SMARTS) is 1. The molecule has 0 aromatic heterocycles. The van der Waals surface area contributed by atoms with E-state index in [9.17, 15) is 18.7 Å². The molecule has 1 aromatic carbocycles. The molecule has 6 heteroatoms. The molecule has 0 atom stereocenters. The molecule has 0 unspecified atom stereocenters. The highest BCUT2D eigenvalue weighted by molar-refractivity contribution is 9.11. The summed E-state index contributed by atoms with van der Waals surface area (Å²) < 4.78 is 28.1. The second-order valence-corrected chi connectivity index (χ2v) is 6.71. The molecule has 1 spiro atoms. The first kappa shape index (κ1) is 14.7. The number of benzene rings is 1. The number of hydrogen-bond acceptors (Lipinski definition) is 2. The number of allylic oxidation sites excluding steroid dienone is 1. The molecule has 0 bridgehead atoms. The van der Waals surface area contributed by atoms with E-state index in [0.717, 1.165) is 10.5 Å². The van der Waals surface area contributed by atoms with Crippen molar-refractivity contribution in [1.29, 1.82) is 0 Å². The van der Waals surface area contributed by atoms with Crippen molar-refractivity contribution < 1.29 is 18.7 Å². The number of hydrogen-bond donors (Lipinski definition) is 2. The van der Waals surface area contributed by atoms with Gasteiger partial charge in [-0.2, -0.15) is 0 Å². The van der Waals surface area contributed by atoms with Crippen molar-refractivity contribution in [2.24, 2.45) is 5.73 Å². The van der Waals surface area contributed by atoms with E-state index in [0.29, 0.717) is 31.2 Å². The molecule has 3 N–H and O–H groups in total. The summed E-state index contributed by atoms with van der Waals surface area (Å²) in [4.78, 5) is 11.2. The van der Waals surface area contributed by atoms with Gasteiger partial charge in [-0.05, 0) is 43.4 Å². The van der Waals surface area contributed by atoms with Gasteiger partial charge in [-0.1, -0.05) is 22.0 Å². The highest BCUT2D eigenvalue weighted by Gasteiger charge is 2.50. The maximum atomic E-state index is 13.9. The molecular weight excluding hydrogens is 344 g/mol. The fourth-order valence-electron chi connectivity index (χ4n) is 3.36. The van der Waals surface area contributed by atoms with E-state index in [2.05, 4.69) is 15.9 Å². The van der Waals surface area contributed by atoms with Gasteiger partial charge in [-0.3, -0.25) is 4.79 Å². The zero-order valence-electron chi connectivity index (χ0n) is 11.1. The molecule has 1 fully saturated rings. The Morgan fingerprint density at radius 1 is 1.24 bits per heavy atom. The minimum atomic E-state index is -1.24. The van der Waals surface area contributed by atoms with E-state index >= 15 is 0 Å². The number of carbonyl (C=O) groups is 1. The van der Waals surface area contributed by atoms with Gasteiger partial charge in [0.2, 0.25) is 0 Å². The van der Waals surface area contributed by atoms with Crippen LogP contribution < -0.4 is 5.73 Å². The molecule has 112 valence electrons. The molecule has 0 amide bonds. The largest absolute Gasteiger partial charge is 0.480 e. The van der Waals surface area contributed by atoms with Crippen LogP contribution in [0.25, 0.3) is 6.08 Å². The molecule has 1 saturated carbocycles. The van der Waals surface area contributed by atoms with E-state index in [4.69, 9.17) is 5.73 Å².